The number of carbonyl (C=O) groups excluding carboxylic acids is 2. The van der Waals surface area contributed by atoms with E-state index < -0.39 is 21.5 Å². The van der Waals surface area contributed by atoms with Gasteiger partial charge in [-0.05, 0) is 43.7 Å². The van der Waals surface area contributed by atoms with Crippen LogP contribution in [-0.4, -0.2) is 29.6 Å². The van der Waals surface area contributed by atoms with Crippen molar-refractivity contribution in [3.8, 4) is 5.69 Å². The number of sulfonamides is 1. The fourth-order valence-electron chi connectivity index (χ4n) is 3.22. The Morgan fingerprint density at radius 1 is 0.971 bits per heavy atom. The van der Waals surface area contributed by atoms with Crippen LogP contribution in [0.2, 0.25) is 0 Å². The molecule has 180 valence electrons. The lowest BCUT2D eigenvalue weighted by atomic mass is 10.1. The number of nitrogens with one attached hydrogen (secondary N) is 3. The van der Waals surface area contributed by atoms with Crippen molar-refractivity contribution < 1.29 is 18.0 Å². The second kappa shape index (κ2) is 9.56. The van der Waals surface area contributed by atoms with Gasteiger partial charge in [0.2, 0.25) is 5.91 Å². The van der Waals surface area contributed by atoms with E-state index in [2.05, 4.69) is 15.6 Å². The third-order valence-corrected chi connectivity index (χ3v) is 6.73. The lowest BCUT2D eigenvalue weighted by Gasteiger charge is -2.12. The summed E-state index contributed by atoms with van der Waals surface area (Å²) in [6.07, 6.45) is 0. The molecule has 3 rings (SSSR count). The maximum absolute atomic E-state index is 13.1. The fourth-order valence-corrected chi connectivity index (χ4v) is 4.36. The lowest BCUT2D eigenvalue weighted by molar-refractivity contribution is -0.124. The average Bonchev–Trinajstić information content (AvgIpc) is 3.00. The Labute approximate surface area is 197 Å². The largest absolute Gasteiger partial charge is 0.296 e. The molecule has 1 heterocycles. The van der Waals surface area contributed by atoms with Gasteiger partial charge in [0.1, 0.15) is 5.69 Å². The molecule has 3 N–H and O–H groups in total. The topological polar surface area (TPSA) is 131 Å². The minimum Gasteiger partial charge on any atom is -0.283 e. The smallest absolute Gasteiger partial charge is 0.283 e. The molecular weight excluding hydrogens is 458 g/mol. The monoisotopic (exact) mass is 485 g/mol. The highest BCUT2D eigenvalue weighted by atomic mass is 32.2. The Hall–Kier alpha value is -3.86. The van der Waals surface area contributed by atoms with Crippen molar-refractivity contribution in [3.63, 3.8) is 0 Å². The first-order chi connectivity index (χ1) is 15.9. The van der Waals surface area contributed by atoms with E-state index in [1.807, 2.05) is 6.07 Å². The summed E-state index contributed by atoms with van der Waals surface area (Å²) in [6, 6.07) is 12.9. The SMILES string of the molecule is Cc1ccc(S(=O)(=O)Nc2c(C)n(C)n(-c3ccccc3)c2=O)cc1C(=O)NNC(=O)C(C)C. The first-order valence-corrected chi connectivity index (χ1v) is 12.0. The number of anilines is 1. The van der Waals surface area contributed by atoms with Crippen LogP contribution >= 0.6 is 0 Å². The molecule has 2 aromatic carbocycles. The van der Waals surface area contributed by atoms with Gasteiger partial charge in [0, 0.05) is 18.5 Å². The summed E-state index contributed by atoms with van der Waals surface area (Å²) in [5.41, 5.74) is 5.53. The number of para-hydroxylation sites is 1. The number of hydrogen-bond donors (Lipinski definition) is 3. The van der Waals surface area contributed by atoms with Gasteiger partial charge in [-0.3, -0.25) is 34.6 Å². The van der Waals surface area contributed by atoms with E-state index in [1.54, 1.807) is 63.7 Å². The highest BCUT2D eigenvalue weighted by molar-refractivity contribution is 7.92. The predicted octanol–water partition coefficient (Wildman–Crippen LogP) is 2.01. The molecule has 34 heavy (non-hydrogen) atoms. The van der Waals surface area contributed by atoms with Crippen molar-refractivity contribution in [2.75, 3.05) is 4.72 Å². The molecule has 0 spiro atoms. The number of nitrogens with zero attached hydrogens (tertiary/aromatic N) is 2. The molecule has 2 amide bonds. The molecule has 0 unspecified atom stereocenters. The second-order valence-electron chi connectivity index (χ2n) is 8.12. The van der Waals surface area contributed by atoms with Crippen molar-refractivity contribution >= 4 is 27.5 Å². The second-order valence-corrected chi connectivity index (χ2v) is 9.80. The van der Waals surface area contributed by atoms with E-state index in [4.69, 9.17) is 0 Å². The van der Waals surface area contributed by atoms with Gasteiger partial charge >= 0.3 is 0 Å². The summed E-state index contributed by atoms with van der Waals surface area (Å²) in [7, 11) is -2.55. The van der Waals surface area contributed by atoms with Gasteiger partial charge < -0.3 is 0 Å². The van der Waals surface area contributed by atoms with E-state index in [1.165, 1.54) is 22.9 Å². The fraction of sp³-hybridized carbons (Fsp3) is 0.261. The van der Waals surface area contributed by atoms with Crippen LogP contribution in [0.15, 0.2) is 58.2 Å². The Balaban J connectivity index is 1.94. The molecule has 0 aliphatic rings. The number of amides is 2. The summed E-state index contributed by atoms with van der Waals surface area (Å²) in [6.45, 7) is 6.61. The molecule has 0 radical (unpaired) electrons. The molecule has 3 aromatic rings. The number of benzene rings is 2. The molecular formula is C23H27N5O5S. The normalized spacial score (nSPS) is 11.4. The molecule has 10 nitrogen and oxygen atoms in total. The van der Waals surface area contributed by atoms with Crippen LogP contribution in [0.3, 0.4) is 0 Å². The zero-order valence-electron chi connectivity index (χ0n) is 19.5. The van der Waals surface area contributed by atoms with Gasteiger partial charge in [0.05, 0.1) is 16.3 Å². The Bertz CT molecular complexity index is 1410. The van der Waals surface area contributed by atoms with Crippen LogP contribution in [-0.2, 0) is 21.9 Å². The molecule has 0 bridgehead atoms. The third kappa shape index (κ3) is 4.88. The van der Waals surface area contributed by atoms with Gasteiger partial charge in [0.25, 0.3) is 21.5 Å². The number of aromatic nitrogens is 2. The summed E-state index contributed by atoms with van der Waals surface area (Å²) >= 11 is 0. The molecule has 0 atom stereocenters. The van der Waals surface area contributed by atoms with Gasteiger partial charge in [-0.25, -0.2) is 13.1 Å². The number of rotatable bonds is 6. The van der Waals surface area contributed by atoms with E-state index in [0.29, 0.717) is 16.9 Å². The molecule has 11 heteroatoms. The Morgan fingerprint density at radius 3 is 2.24 bits per heavy atom. The van der Waals surface area contributed by atoms with Crippen molar-refractivity contribution in [1.82, 2.24) is 20.2 Å². The number of hydrazine groups is 1. The first-order valence-electron chi connectivity index (χ1n) is 10.5. The van der Waals surface area contributed by atoms with Gasteiger partial charge in [-0.15, -0.1) is 0 Å². The number of aryl methyl sites for hydroxylation is 1. The standard InChI is InChI=1S/C23H27N5O5S/c1-14(2)21(29)24-25-22(30)19-13-18(12-11-15(19)3)34(32,33)26-20-16(4)27(5)28(23(20)31)17-9-7-6-8-10-17/h6-14,26H,1-5H3,(H,24,29)(H,25,30). The van der Waals surface area contributed by atoms with E-state index in [-0.39, 0.29) is 28.0 Å². The zero-order valence-corrected chi connectivity index (χ0v) is 20.4. The number of carbonyl (C=O) groups is 2. The van der Waals surface area contributed by atoms with Gasteiger partial charge in [0.15, 0.2) is 0 Å². The molecule has 0 saturated heterocycles. The van der Waals surface area contributed by atoms with Crippen molar-refractivity contribution in [2.24, 2.45) is 13.0 Å². The lowest BCUT2D eigenvalue weighted by Crippen LogP contribution is -2.43. The molecule has 0 saturated carbocycles. The van der Waals surface area contributed by atoms with E-state index in [9.17, 15) is 22.8 Å². The summed E-state index contributed by atoms with van der Waals surface area (Å²) in [5.74, 6) is -1.39. The predicted molar refractivity (Wildman–Crippen MR) is 128 cm³/mol. The van der Waals surface area contributed by atoms with Crippen molar-refractivity contribution in [2.45, 2.75) is 32.6 Å². The van der Waals surface area contributed by atoms with Crippen LogP contribution in [0.4, 0.5) is 5.69 Å². The summed E-state index contributed by atoms with van der Waals surface area (Å²) < 4.78 is 31.6. The average molecular weight is 486 g/mol. The Kier molecular flexibility index (Phi) is 6.96. The summed E-state index contributed by atoms with van der Waals surface area (Å²) in [5, 5.41) is 0. The third-order valence-electron chi connectivity index (χ3n) is 5.38. The first kappa shape index (κ1) is 24.8. The Morgan fingerprint density at radius 2 is 1.62 bits per heavy atom. The highest BCUT2D eigenvalue weighted by Gasteiger charge is 2.24. The quantitative estimate of drug-likeness (QED) is 0.460. The van der Waals surface area contributed by atoms with E-state index >= 15 is 0 Å². The molecule has 0 fully saturated rings. The van der Waals surface area contributed by atoms with Crippen molar-refractivity contribution in [1.29, 1.82) is 0 Å². The van der Waals surface area contributed by atoms with E-state index in [0.717, 1.165) is 0 Å². The highest BCUT2D eigenvalue weighted by Crippen LogP contribution is 2.21. The number of hydrogen-bond acceptors (Lipinski definition) is 5. The maximum atomic E-state index is 13.1. The van der Waals surface area contributed by atoms with Crippen LogP contribution < -0.4 is 21.1 Å². The van der Waals surface area contributed by atoms with Crippen LogP contribution in [0.5, 0.6) is 0 Å². The summed E-state index contributed by atoms with van der Waals surface area (Å²) in [4.78, 5) is 37.1. The van der Waals surface area contributed by atoms with Gasteiger partial charge in [-0.1, -0.05) is 38.1 Å². The molecule has 0 aliphatic heterocycles. The van der Waals surface area contributed by atoms with Crippen LogP contribution in [0, 0.1) is 19.8 Å². The zero-order chi connectivity index (χ0) is 25.2. The minimum absolute atomic E-state index is 0.0680. The minimum atomic E-state index is -4.21. The van der Waals surface area contributed by atoms with Crippen molar-refractivity contribution in [3.05, 3.63) is 75.7 Å². The molecule has 0 aliphatic carbocycles. The van der Waals surface area contributed by atoms with Crippen LogP contribution in [0.1, 0.15) is 35.5 Å². The molecule has 1 aromatic heterocycles. The van der Waals surface area contributed by atoms with Crippen LogP contribution in [0.25, 0.3) is 5.69 Å². The maximum Gasteiger partial charge on any atom is 0.296 e. The van der Waals surface area contributed by atoms with Gasteiger partial charge in [-0.2, -0.15) is 0 Å².